The number of carbonyl (C=O) groups excluding carboxylic acids is 1. The van der Waals surface area contributed by atoms with Gasteiger partial charge in [-0.2, -0.15) is 0 Å². The number of benzene rings is 1. The molecule has 2 saturated heterocycles. The molecule has 0 aliphatic carbocycles. The van der Waals surface area contributed by atoms with Gasteiger partial charge >= 0.3 is 0 Å². The van der Waals surface area contributed by atoms with Gasteiger partial charge in [-0.3, -0.25) is 4.79 Å². The minimum absolute atomic E-state index is 0.00613. The number of hydrogen-bond donors (Lipinski definition) is 0. The lowest BCUT2D eigenvalue weighted by Gasteiger charge is -2.38. The van der Waals surface area contributed by atoms with E-state index in [4.69, 9.17) is 16.3 Å². The Bertz CT molecular complexity index is 584. The van der Waals surface area contributed by atoms with E-state index in [0.717, 1.165) is 39.0 Å². The van der Waals surface area contributed by atoms with Crippen molar-refractivity contribution in [2.45, 2.75) is 25.3 Å². The molecule has 0 radical (unpaired) electrons. The van der Waals surface area contributed by atoms with Crippen molar-refractivity contribution in [2.24, 2.45) is 5.92 Å². The van der Waals surface area contributed by atoms with E-state index in [0.29, 0.717) is 24.6 Å². The van der Waals surface area contributed by atoms with Gasteiger partial charge in [-0.05, 0) is 57.6 Å². The summed E-state index contributed by atoms with van der Waals surface area (Å²) in [6.07, 6.45) is 2.91. The normalized spacial score (nSPS) is 22.7. The van der Waals surface area contributed by atoms with Crippen molar-refractivity contribution in [2.75, 3.05) is 39.9 Å². The van der Waals surface area contributed by atoms with Crippen LogP contribution in [0.2, 0.25) is 5.02 Å². The lowest BCUT2D eigenvalue weighted by molar-refractivity contribution is 0.0536. The first-order chi connectivity index (χ1) is 11.5. The summed E-state index contributed by atoms with van der Waals surface area (Å²) in [4.78, 5) is 17.3. The van der Waals surface area contributed by atoms with Gasteiger partial charge in [0.15, 0.2) is 0 Å². The fourth-order valence-electron chi connectivity index (χ4n) is 3.50. The fraction of sp³-hybridized carbons (Fsp3) is 0.611. The van der Waals surface area contributed by atoms with Crippen LogP contribution in [0.4, 0.5) is 4.39 Å². The van der Waals surface area contributed by atoms with E-state index in [1.54, 1.807) is 0 Å². The van der Waals surface area contributed by atoms with Crippen molar-refractivity contribution in [3.63, 3.8) is 0 Å². The molecule has 0 bridgehead atoms. The van der Waals surface area contributed by atoms with Gasteiger partial charge in [0.2, 0.25) is 0 Å². The Labute approximate surface area is 147 Å². The van der Waals surface area contributed by atoms with Gasteiger partial charge in [0.05, 0.1) is 11.6 Å². The maximum Gasteiger partial charge on any atom is 0.254 e. The molecule has 2 aliphatic rings. The molecule has 1 unspecified atom stereocenters. The maximum atomic E-state index is 13.4. The summed E-state index contributed by atoms with van der Waals surface area (Å²) < 4.78 is 18.9. The van der Waals surface area contributed by atoms with Crippen LogP contribution in [0, 0.1) is 11.7 Å². The van der Waals surface area contributed by atoms with Crippen molar-refractivity contribution in [1.29, 1.82) is 0 Å². The zero-order valence-electron chi connectivity index (χ0n) is 14.0. The molecule has 0 saturated carbocycles. The second-order valence-electron chi connectivity index (χ2n) is 6.85. The molecule has 0 spiro atoms. The van der Waals surface area contributed by atoms with Crippen molar-refractivity contribution >= 4 is 17.5 Å². The molecular weight excluding hydrogens is 331 g/mol. The van der Waals surface area contributed by atoms with Crippen molar-refractivity contribution in [3.05, 3.63) is 34.6 Å². The number of rotatable bonds is 4. The number of nitrogens with zero attached hydrogens (tertiary/aromatic N) is 2. The number of piperidine rings is 1. The summed E-state index contributed by atoms with van der Waals surface area (Å²) >= 11 is 5.87. The first-order valence-corrected chi connectivity index (χ1v) is 8.94. The molecule has 132 valence electrons. The summed E-state index contributed by atoms with van der Waals surface area (Å²) in [5.74, 6) is -0.175. The van der Waals surface area contributed by atoms with Crippen molar-refractivity contribution in [3.8, 4) is 0 Å². The molecule has 0 N–H and O–H groups in total. The van der Waals surface area contributed by atoms with Gasteiger partial charge in [0, 0.05) is 30.7 Å². The highest BCUT2D eigenvalue weighted by molar-refractivity contribution is 6.31. The summed E-state index contributed by atoms with van der Waals surface area (Å²) in [6, 6.07) is 4.45. The van der Waals surface area contributed by atoms with Crippen LogP contribution < -0.4 is 0 Å². The smallest absolute Gasteiger partial charge is 0.254 e. The molecular formula is C18H24ClFN2O2. The molecule has 3 rings (SSSR count). The highest BCUT2D eigenvalue weighted by atomic mass is 35.5. The van der Waals surface area contributed by atoms with E-state index in [9.17, 15) is 9.18 Å². The highest BCUT2D eigenvalue weighted by Gasteiger charge is 2.31. The second-order valence-corrected chi connectivity index (χ2v) is 7.26. The minimum atomic E-state index is -0.497. The topological polar surface area (TPSA) is 32.8 Å². The van der Waals surface area contributed by atoms with E-state index in [1.807, 2.05) is 4.90 Å². The fourth-order valence-corrected chi connectivity index (χ4v) is 3.69. The lowest BCUT2D eigenvalue weighted by Crippen LogP contribution is -2.48. The standard InChI is InChI=1S/C18H24ClFN2O2/c1-21-7-4-15(5-8-21)22(11-13-6-9-24-12-13)18(23)14-2-3-17(20)16(19)10-14/h2-3,10,13,15H,4-9,11-12H2,1H3. The molecule has 4 nitrogen and oxygen atoms in total. The summed E-state index contributed by atoms with van der Waals surface area (Å²) in [5, 5.41) is -0.00613. The SMILES string of the molecule is CN1CCC(N(CC2CCOC2)C(=O)c2ccc(F)c(Cl)c2)CC1. The molecule has 2 fully saturated rings. The third-order valence-electron chi connectivity index (χ3n) is 5.04. The predicted molar refractivity (Wildman–Crippen MR) is 91.9 cm³/mol. The molecule has 24 heavy (non-hydrogen) atoms. The van der Waals surface area contributed by atoms with E-state index < -0.39 is 5.82 Å². The number of likely N-dealkylation sites (tertiary alicyclic amines) is 1. The van der Waals surface area contributed by atoms with Crippen LogP contribution in [0.15, 0.2) is 18.2 Å². The molecule has 6 heteroatoms. The Morgan fingerprint density at radius 3 is 2.75 bits per heavy atom. The van der Waals surface area contributed by atoms with Crippen LogP contribution in [0.5, 0.6) is 0 Å². The Morgan fingerprint density at radius 2 is 2.12 bits per heavy atom. The second kappa shape index (κ2) is 7.81. The number of carbonyl (C=O) groups is 1. The van der Waals surface area contributed by atoms with E-state index >= 15 is 0 Å². The summed E-state index contributed by atoms with van der Waals surface area (Å²) in [6.45, 7) is 4.14. The number of hydrogen-bond acceptors (Lipinski definition) is 3. The third kappa shape index (κ3) is 4.08. The number of ether oxygens (including phenoxy) is 1. The van der Waals surface area contributed by atoms with Crippen LogP contribution >= 0.6 is 11.6 Å². The minimum Gasteiger partial charge on any atom is -0.381 e. The van der Waals surface area contributed by atoms with Crippen LogP contribution in [0.25, 0.3) is 0 Å². The first-order valence-electron chi connectivity index (χ1n) is 8.57. The van der Waals surface area contributed by atoms with Crippen LogP contribution in [-0.2, 0) is 4.74 Å². The van der Waals surface area contributed by atoms with Gasteiger partial charge in [0.25, 0.3) is 5.91 Å². The van der Waals surface area contributed by atoms with Crippen LogP contribution in [-0.4, -0.2) is 61.6 Å². The monoisotopic (exact) mass is 354 g/mol. The molecule has 2 aliphatic heterocycles. The average Bonchev–Trinajstić information content (AvgIpc) is 3.09. The van der Waals surface area contributed by atoms with E-state index in [-0.39, 0.29) is 17.0 Å². The van der Waals surface area contributed by atoms with Crippen LogP contribution in [0.1, 0.15) is 29.6 Å². The molecule has 1 atom stereocenters. The Hall–Kier alpha value is -1.17. The van der Waals surface area contributed by atoms with Crippen molar-refractivity contribution in [1.82, 2.24) is 9.80 Å². The van der Waals surface area contributed by atoms with Gasteiger partial charge < -0.3 is 14.5 Å². The average molecular weight is 355 g/mol. The van der Waals surface area contributed by atoms with E-state index in [1.165, 1.54) is 18.2 Å². The quantitative estimate of drug-likeness (QED) is 0.833. The van der Waals surface area contributed by atoms with Gasteiger partial charge in [-0.15, -0.1) is 0 Å². The third-order valence-corrected chi connectivity index (χ3v) is 5.32. The van der Waals surface area contributed by atoms with Gasteiger partial charge in [-0.25, -0.2) is 4.39 Å². The zero-order chi connectivity index (χ0) is 17.1. The lowest BCUT2D eigenvalue weighted by atomic mass is 9.99. The number of amides is 1. The Kier molecular flexibility index (Phi) is 5.74. The Morgan fingerprint density at radius 1 is 1.38 bits per heavy atom. The van der Waals surface area contributed by atoms with Gasteiger partial charge in [-0.1, -0.05) is 11.6 Å². The van der Waals surface area contributed by atoms with E-state index in [2.05, 4.69) is 11.9 Å². The zero-order valence-corrected chi connectivity index (χ0v) is 14.8. The summed E-state index contributed by atoms with van der Waals surface area (Å²) in [5.41, 5.74) is 0.458. The predicted octanol–water partition coefficient (Wildman–Crippen LogP) is 3.05. The highest BCUT2D eigenvalue weighted by Crippen LogP contribution is 2.24. The molecule has 1 aromatic carbocycles. The molecule has 1 aromatic rings. The van der Waals surface area contributed by atoms with Gasteiger partial charge in [0.1, 0.15) is 5.82 Å². The number of halogens is 2. The molecule has 0 aromatic heterocycles. The molecule has 2 heterocycles. The van der Waals surface area contributed by atoms with Crippen molar-refractivity contribution < 1.29 is 13.9 Å². The molecule has 1 amide bonds. The maximum absolute atomic E-state index is 13.4. The van der Waals surface area contributed by atoms with Crippen LogP contribution in [0.3, 0.4) is 0 Å². The summed E-state index contributed by atoms with van der Waals surface area (Å²) in [7, 11) is 2.10. The Balaban J connectivity index is 1.79. The largest absolute Gasteiger partial charge is 0.381 e. The first kappa shape index (κ1) is 17.6.